The molecule has 2 rings (SSSR count). The molecule has 0 aliphatic carbocycles. The molecule has 2 aromatic heterocycles. The molecule has 0 amide bonds. The number of thiophene rings is 1. The lowest BCUT2D eigenvalue weighted by Gasteiger charge is -2.13. The number of halogens is 4. The van der Waals surface area contributed by atoms with Crippen molar-refractivity contribution in [2.24, 2.45) is 5.16 Å². The molecule has 0 bridgehead atoms. The summed E-state index contributed by atoms with van der Waals surface area (Å²) in [6.07, 6.45) is -2.26. The molecule has 0 unspecified atom stereocenters. The summed E-state index contributed by atoms with van der Waals surface area (Å²) >= 11 is 7.39. The van der Waals surface area contributed by atoms with Crippen LogP contribution in [0.1, 0.15) is 22.1 Å². The van der Waals surface area contributed by atoms with Crippen molar-refractivity contribution < 1.29 is 18.0 Å². The summed E-state index contributed by atoms with van der Waals surface area (Å²) in [5, 5.41) is 5.46. The molecule has 1 atom stereocenters. The van der Waals surface area contributed by atoms with Gasteiger partial charge in [0.15, 0.2) is 0 Å². The van der Waals surface area contributed by atoms with Crippen LogP contribution in [-0.4, -0.2) is 18.3 Å². The smallest absolute Gasteiger partial charge is 0.399 e. The van der Waals surface area contributed by atoms with Crippen molar-refractivity contribution >= 4 is 29.2 Å². The van der Waals surface area contributed by atoms with Crippen LogP contribution in [0.4, 0.5) is 13.2 Å². The van der Waals surface area contributed by atoms with Crippen molar-refractivity contribution in [2.75, 3.05) is 7.11 Å². The van der Waals surface area contributed by atoms with Gasteiger partial charge in [-0.25, -0.2) is 0 Å². The molecule has 2 heterocycles. The monoisotopic (exact) mass is 334 g/mol. The SMILES string of the molecule is CO/N=C\[C@@H](c1cccs1)c1ncc(C(F)(F)F)cc1Cl. The predicted octanol–water partition coefficient (Wildman–Crippen LogP) is 4.58. The standard InChI is InChI=1S/C13H10ClF3N2OS/c1-20-19-7-9(11-3-2-4-21-11)12-10(14)5-8(6-18-12)13(15,16)17/h2-7,9H,1H3/b19-7-/t9-/m0/s1. The number of rotatable bonds is 4. The second kappa shape index (κ2) is 6.44. The van der Waals surface area contributed by atoms with Crippen LogP contribution >= 0.6 is 22.9 Å². The second-order valence-electron chi connectivity index (χ2n) is 4.02. The van der Waals surface area contributed by atoms with Gasteiger partial charge in [-0.2, -0.15) is 13.2 Å². The Bertz CT molecular complexity index is 629. The van der Waals surface area contributed by atoms with Gasteiger partial charge in [-0.3, -0.25) is 4.98 Å². The quantitative estimate of drug-likeness (QED) is 0.606. The fourth-order valence-corrected chi connectivity index (χ4v) is 2.78. The number of hydrogen-bond donors (Lipinski definition) is 0. The predicted molar refractivity (Wildman–Crippen MR) is 75.9 cm³/mol. The van der Waals surface area contributed by atoms with Crippen molar-refractivity contribution in [3.05, 3.63) is 50.9 Å². The van der Waals surface area contributed by atoms with Crippen LogP contribution in [-0.2, 0) is 11.0 Å². The van der Waals surface area contributed by atoms with E-state index in [1.54, 1.807) is 0 Å². The highest BCUT2D eigenvalue weighted by Gasteiger charge is 2.32. The van der Waals surface area contributed by atoms with E-state index in [1.165, 1.54) is 24.7 Å². The number of oxime groups is 1. The highest BCUT2D eigenvalue weighted by atomic mass is 35.5. The summed E-state index contributed by atoms with van der Waals surface area (Å²) in [7, 11) is 1.38. The lowest BCUT2D eigenvalue weighted by molar-refractivity contribution is -0.137. The Kier molecular flexibility index (Phi) is 4.84. The molecular weight excluding hydrogens is 325 g/mol. The Morgan fingerprint density at radius 2 is 2.24 bits per heavy atom. The Hall–Kier alpha value is -1.60. The topological polar surface area (TPSA) is 34.5 Å². The van der Waals surface area contributed by atoms with Crippen LogP contribution in [0.3, 0.4) is 0 Å². The molecule has 112 valence electrons. The molecule has 0 radical (unpaired) electrons. The number of aromatic nitrogens is 1. The van der Waals surface area contributed by atoms with Gasteiger partial charge in [0.05, 0.1) is 28.4 Å². The van der Waals surface area contributed by atoms with Crippen molar-refractivity contribution in [3.63, 3.8) is 0 Å². The average Bonchev–Trinajstić information content (AvgIpc) is 2.93. The van der Waals surface area contributed by atoms with Gasteiger partial charge >= 0.3 is 6.18 Å². The lowest BCUT2D eigenvalue weighted by Crippen LogP contribution is -2.09. The number of pyridine rings is 1. The summed E-state index contributed by atoms with van der Waals surface area (Å²) in [6, 6.07) is 4.52. The summed E-state index contributed by atoms with van der Waals surface area (Å²) in [6.45, 7) is 0. The van der Waals surface area contributed by atoms with E-state index in [1.807, 2.05) is 17.5 Å². The lowest BCUT2D eigenvalue weighted by atomic mass is 10.0. The molecule has 0 aromatic carbocycles. The molecule has 2 aromatic rings. The molecule has 0 aliphatic heterocycles. The van der Waals surface area contributed by atoms with Gasteiger partial charge in [0, 0.05) is 11.1 Å². The van der Waals surface area contributed by atoms with Gasteiger partial charge in [-0.15, -0.1) is 11.3 Å². The van der Waals surface area contributed by atoms with E-state index in [9.17, 15) is 13.2 Å². The summed E-state index contributed by atoms with van der Waals surface area (Å²) < 4.78 is 37.9. The van der Waals surface area contributed by atoms with E-state index < -0.39 is 17.7 Å². The molecule has 0 saturated heterocycles. The van der Waals surface area contributed by atoms with E-state index >= 15 is 0 Å². The Labute approximate surface area is 128 Å². The van der Waals surface area contributed by atoms with Gasteiger partial charge in [0.2, 0.25) is 0 Å². The molecule has 0 spiro atoms. The van der Waals surface area contributed by atoms with Crippen LogP contribution in [0, 0.1) is 0 Å². The highest BCUT2D eigenvalue weighted by molar-refractivity contribution is 7.10. The molecule has 0 N–H and O–H groups in total. The first-order chi connectivity index (χ1) is 9.93. The van der Waals surface area contributed by atoms with Crippen molar-refractivity contribution in [2.45, 2.75) is 12.1 Å². The first-order valence-corrected chi connectivity index (χ1v) is 7.02. The zero-order valence-electron chi connectivity index (χ0n) is 10.8. The first kappa shape index (κ1) is 15.8. The average molecular weight is 335 g/mol. The largest absolute Gasteiger partial charge is 0.417 e. The number of nitrogens with zero attached hydrogens (tertiary/aromatic N) is 2. The van der Waals surface area contributed by atoms with Crippen LogP contribution in [0.25, 0.3) is 0 Å². The Balaban J connectivity index is 2.44. The van der Waals surface area contributed by atoms with Gasteiger partial charge in [0.1, 0.15) is 7.11 Å². The molecule has 0 aliphatic rings. The van der Waals surface area contributed by atoms with Crippen LogP contribution < -0.4 is 0 Å². The third-order valence-electron chi connectivity index (χ3n) is 2.66. The summed E-state index contributed by atoms with van der Waals surface area (Å²) in [4.78, 5) is 9.35. The molecule has 0 fully saturated rings. The van der Waals surface area contributed by atoms with Crippen LogP contribution in [0.2, 0.25) is 5.02 Å². The molecular formula is C13H10ClF3N2OS. The van der Waals surface area contributed by atoms with Crippen LogP contribution in [0.5, 0.6) is 0 Å². The molecule has 0 saturated carbocycles. The van der Waals surface area contributed by atoms with Crippen molar-refractivity contribution in [1.29, 1.82) is 0 Å². The summed E-state index contributed by atoms with van der Waals surface area (Å²) in [5.74, 6) is -0.459. The third-order valence-corrected chi connectivity index (χ3v) is 3.91. The zero-order valence-corrected chi connectivity index (χ0v) is 12.3. The van der Waals surface area contributed by atoms with Gasteiger partial charge in [-0.1, -0.05) is 22.8 Å². The van der Waals surface area contributed by atoms with E-state index in [-0.39, 0.29) is 5.02 Å². The fourth-order valence-electron chi connectivity index (χ4n) is 1.70. The van der Waals surface area contributed by atoms with Crippen molar-refractivity contribution in [3.8, 4) is 0 Å². The second-order valence-corrected chi connectivity index (χ2v) is 5.41. The summed E-state index contributed by atoms with van der Waals surface area (Å²) in [5.41, 5.74) is -0.585. The van der Waals surface area contributed by atoms with Gasteiger partial charge in [-0.05, 0) is 17.5 Å². The van der Waals surface area contributed by atoms with E-state index in [2.05, 4.69) is 15.0 Å². The Morgan fingerprint density at radius 1 is 1.48 bits per heavy atom. The first-order valence-electron chi connectivity index (χ1n) is 5.76. The maximum Gasteiger partial charge on any atom is 0.417 e. The number of alkyl halides is 3. The molecule has 21 heavy (non-hydrogen) atoms. The van der Waals surface area contributed by atoms with Crippen LogP contribution in [0.15, 0.2) is 34.9 Å². The minimum absolute atomic E-state index is 0.0641. The van der Waals surface area contributed by atoms with E-state index in [0.717, 1.165) is 17.1 Å². The zero-order chi connectivity index (χ0) is 15.5. The van der Waals surface area contributed by atoms with Gasteiger partial charge in [0.25, 0.3) is 0 Å². The maximum atomic E-state index is 12.6. The fraction of sp³-hybridized carbons (Fsp3) is 0.231. The molecule has 3 nitrogen and oxygen atoms in total. The molecule has 8 heteroatoms. The Morgan fingerprint density at radius 3 is 2.76 bits per heavy atom. The highest BCUT2D eigenvalue weighted by Crippen LogP contribution is 2.35. The maximum absolute atomic E-state index is 12.6. The van der Waals surface area contributed by atoms with Crippen molar-refractivity contribution in [1.82, 2.24) is 4.98 Å². The minimum atomic E-state index is -4.48. The number of hydrogen-bond acceptors (Lipinski definition) is 4. The normalized spacial score (nSPS) is 13.6. The third kappa shape index (κ3) is 3.74. The van der Waals surface area contributed by atoms with E-state index in [4.69, 9.17) is 11.6 Å². The van der Waals surface area contributed by atoms with Gasteiger partial charge < -0.3 is 4.84 Å². The van der Waals surface area contributed by atoms with E-state index in [0.29, 0.717) is 5.69 Å². The minimum Gasteiger partial charge on any atom is -0.399 e.